The highest BCUT2D eigenvalue weighted by molar-refractivity contribution is 6.07. The van der Waals surface area contributed by atoms with Crippen LogP contribution in [0.3, 0.4) is 0 Å². The molecule has 4 aromatic rings. The van der Waals surface area contributed by atoms with Crippen LogP contribution in [0.5, 0.6) is 0 Å². The first kappa shape index (κ1) is 22.5. The lowest BCUT2D eigenvalue weighted by Gasteiger charge is -2.38. The average Bonchev–Trinajstić information content (AvgIpc) is 2.84. The van der Waals surface area contributed by atoms with Gasteiger partial charge in [0.2, 0.25) is 0 Å². The van der Waals surface area contributed by atoms with Gasteiger partial charge in [0.05, 0.1) is 17.4 Å². The second-order valence-corrected chi connectivity index (χ2v) is 8.84. The summed E-state index contributed by atoms with van der Waals surface area (Å²) in [5.74, 6) is -0.610. The molecule has 3 aromatic heterocycles. The third kappa shape index (κ3) is 4.58. The van der Waals surface area contributed by atoms with Gasteiger partial charge in [0.25, 0.3) is 5.91 Å². The van der Waals surface area contributed by atoms with E-state index in [-0.39, 0.29) is 17.1 Å². The molecule has 0 atom stereocenters. The number of anilines is 3. The van der Waals surface area contributed by atoms with Crippen LogP contribution in [-0.4, -0.2) is 49.5 Å². The first-order valence-electron chi connectivity index (χ1n) is 11.1. The van der Waals surface area contributed by atoms with E-state index < -0.39 is 11.7 Å². The second-order valence-electron chi connectivity index (χ2n) is 8.84. The van der Waals surface area contributed by atoms with Crippen molar-refractivity contribution in [2.24, 2.45) is 5.73 Å². The van der Waals surface area contributed by atoms with Gasteiger partial charge in [0.15, 0.2) is 17.3 Å². The normalized spacial score (nSPS) is 15.2. The molecule has 5 rings (SSSR count). The molecule has 0 saturated carbocycles. The van der Waals surface area contributed by atoms with E-state index in [1.165, 1.54) is 24.7 Å². The van der Waals surface area contributed by atoms with Crippen molar-refractivity contribution in [1.29, 1.82) is 0 Å². The molecule has 1 aliphatic rings. The molecule has 35 heavy (non-hydrogen) atoms. The molecule has 10 nitrogen and oxygen atoms in total. The van der Waals surface area contributed by atoms with Crippen LogP contribution in [0.25, 0.3) is 22.3 Å². The molecule has 1 fully saturated rings. The third-order valence-corrected chi connectivity index (χ3v) is 6.12. The summed E-state index contributed by atoms with van der Waals surface area (Å²) in [5.41, 5.74) is 13.9. The number of amides is 1. The Morgan fingerprint density at radius 1 is 1.14 bits per heavy atom. The Balaban J connectivity index is 1.45. The molecule has 178 valence electrons. The molecule has 1 saturated heterocycles. The highest BCUT2D eigenvalue weighted by Crippen LogP contribution is 2.30. The van der Waals surface area contributed by atoms with Crippen LogP contribution in [-0.2, 0) is 0 Å². The monoisotopic (exact) mass is 473 g/mol. The summed E-state index contributed by atoms with van der Waals surface area (Å²) in [6.45, 7) is 3.54. The van der Waals surface area contributed by atoms with Crippen molar-refractivity contribution in [1.82, 2.24) is 24.9 Å². The number of carbonyl (C=O) groups is 1. The number of pyridine rings is 1. The van der Waals surface area contributed by atoms with Gasteiger partial charge in [-0.1, -0.05) is 0 Å². The van der Waals surface area contributed by atoms with Crippen molar-refractivity contribution < 1.29 is 9.18 Å². The number of nitrogen functional groups attached to an aromatic ring is 1. The summed E-state index contributed by atoms with van der Waals surface area (Å²) in [7, 11) is 0. The number of rotatable bonds is 4. The molecule has 4 heterocycles. The van der Waals surface area contributed by atoms with E-state index in [2.05, 4.69) is 35.1 Å². The minimum absolute atomic E-state index is 0.0370. The first-order valence-corrected chi connectivity index (χ1v) is 11.1. The van der Waals surface area contributed by atoms with Gasteiger partial charge in [-0.25, -0.2) is 29.3 Å². The quantitative estimate of drug-likeness (QED) is 0.407. The van der Waals surface area contributed by atoms with Crippen LogP contribution >= 0.6 is 0 Å². The molecule has 11 heteroatoms. The largest absolute Gasteiger partial charge is 0.382 e. The molecule has 0 aliphatic carbocycles. The fourth-order valence-corrected chi connectivity index (χ4v) is 4.09. The van der Waals surface area contributed by atoms with Gasteiger partial charge in [-0.05, 0) is 44.0 Å². The molecule has 0 bridgehead atoms. The molecule has 1 aromatic carbocycles. The van der Waals surface area contributed by atoms with Crippen LogP contribution in [0, 0.1) is 5.82 Å². The van der Waals surface area contributed by atoms with Gasteiger partial charge >= 0.3 is 0 Å². The van der Waals surface area contributed by atoms with E-state index >= 15 is 0 Å². The maximum atomic E-state index is 13.6. The number of nitrogens with zero attached hydrogens (tertiary/aromatic N) is 6. The minimum Gasteiger partial charge on any atom is -0.382 e. The maximum Gasteiger partial charge on any atom is 0.279 e. The predicted molar refractivity (Wildman–Crippen MR) is 131 cm³/mol. The highest BCUT2D eigenvalue weighted by Gasteiger charge is 2.28. The Kier molecular flexibility index (Phi) is 5.69. The zero-order chi connectivity index (χ0) is 24.6. The lowest BCUT2D eigenvalue weighted by atomic mass is 9.91. The molecule has 0 unspecified atom stereocenters. The Labute approximate surface area is 200 Å². The second kappa shape index (κ2) is 8.84. The van der Waals surface area contributed by atoms with Gasteiger partial charge < -0.3 is 21.7 Å². The number of nitrogens with two attached hydrogens (primary N) is 2. The number of piperidine rings is 1. The number of nitrogens with one attached hydrogen (secondary N) is 1. The third-order valence-electron chi connectivity index (χ3n) is 6.12. The Morgan fingerprint density at radius 2 is 1.94 bits per heavy atom. The van der Waals surface area contributed by atoms with E-state index in [4.69, 9.17) is 11.5 Å². The predicted octanol–water partition coefficient (Wildman–Crippen LogP) is 2.77. The number of fused-ring (bicyclic) bond motifs is 1. The standard InChI is InChI=1S/C24H24FN9O/c1-24(27)6-9-34(10-7-24)18-3-2-8-28-22(18)33-23(35)20-21(26)29-12-17(32-20)19-15-5-4-14(25)11-16(15)30-13-31-19/h2-5,8,11-13H,6-7,9-10,27H2,1H3,(H2,26,29)(H,28,33,35). The zero-order valence-electron chi connectivity index (χ0n) is 19.1. The Bertz CT molecular complexity index is 1420. The van der Waals surface area contributed by atoms with Crippen molar-refractivity contribution in [2.45, 2.75) is 25.3 Å². The van der Waals surface area contributed by atoms with Crippen molar-refractivity contribution in [3.8, 4) is 11.4 Å². The smallest absolute Gasteiger partial charge is 0.279 e. The number of hydrogen-bond donors (Lipinski definition) is 3. The van der Waals surface area contributed by atoms with Gasteiger partial charge in [0, 0.05) is 36.3 Å². The molecule has 1 amide bonds. The lowest BCUT2D eigenvalue weighted by molar-refractivity contribution is 0.102. The van der Waals surface area contributed by atoms with E-state index in [9.17, 15) is 9.18 Å². The van der Waals surface area contributed by atoms with E-state index in [1.807, 2.05) is 19.1 Å². The molecular weight excluding hydrogens is 449 g/mol. The van der Waals surface area contributed by atoms with Crippen molar-refractivity contribution in [3.05, 3.63) is 60.6 Å². The number of halogens is 1. The van der Waals surface area contributed by atoms with Crippen molar-refractivity contribution in [3.63, 3.8) is 0 Å². The van der Waals surface area contributed by atoms with Crippen LogP contribution in [0.2, 0.25) is 0 Å². The number of aromatic nitrogens is 5. The molecular formula is C24H24FN9O. The Hall–Kier alpha value is -4.25. The molecule has 5 N–H and O–H groups in total. The summed E-state index contributed by atoms with van der Waals surface area (Å²) in [4.78, 5) is 36.7. The Morgan fingerprint density at radius 3 is 2.74 bits per heavy atom. The van der Waals surface area contributed by atoms with E-state index in [1.54, 1.807) is 12.3 Å². The summed E-state index contributed by atoms with van der Waals surface area (Å²) < 4.78 is 13.6. The number of hydrogen-bond acceptors (Lipinski definition) is 9. The highest BCUT2D eigenvalue weighted by atomic mass is 19.1. The van der Waals surface area contributed by atoms with E-state index in [0.717, 1.165) is 31.6 Å². The summed E-state index contributed by atoms with van der Waals surface area (Å²) in [6, 6.07) is 7.89. The topological polar surface area (TPSA) is 149 Å². The van der Waals surface area contributed by atoms with Crippen molar-refractivity contribution >= 4 is 34.1 Å². The number of carbonyl (C=O) groups excluding carboxylic acids is 1. The molecule has 1 aliphatic heterocycles. The average molecular weight is 474 g/mol. The minimum atomic E-state index is -0.554. The summed E-state index contributed by atoms with van der Waals surface area (Å²) in [5, 5.41) is 3.39. The first-order chi connectivity index (χ1) is 16.8. The zero-order valence-corrected chi connectivity index (χ0v) is 19.1. The SMILES string of the molecule is CC1(N)CCN(c2cccnc2NC(=O)c2nc(-c3ncnc4cc(F)ccc34)cnc2N)CC1. The lowest BCUT2D eigenvalue weighted by Crippen LogP contribution is -2.48. The van der Waals surface area contributed by atoms with Gasteiger partial charge in [-0.2, -0.15) is 0 Å². The molecule has 0 radical (unpaired) electrons. The summed E-state index contributed by atoms with van der Waals surface area (Å²) >= 11 is 0. The van der Waals surface area contributed by atoms with Crippen molar-refractivity contribution in [2.75, 3.05) is 29.0 Å². The maximum absolute atomic E-state index is 13.6. The summed E-state index contributed by atoms with van der Waals surface area (Å²) in [6.07, 6.45) is 5.98. The van der Waals surface area contributed by atoms with Crippen LogP contribution in [0.1, 0.15) is 30.3 Å². The molecule has 0 spiro atoms. The van der Waals surface area contributed by atoms with E-state index in [0.29, 0.717) is 28.1 Å². The van der Waals surface area contributed by atoms with Crippen LogP contribution < -0.4 is 21.7 Å². The fourth-order valence-electron chi connectivity index (χ4n) is 4.09. The van der Waals surface area contributed by atoms with Crippen LogP contribution in [0.15, 0.2) is 49.1 Å². The fraction of sp³-hybridized carbons (Fsp3) is 0.250. The van der Waals surface area contributed by atoms with Gasteiger partial charge in [-0.15, -0.1) is 0 Å². The van der Waals surface area contributed by atoms with Crippen LogP contribution in [0.4, 0.5) is 21.7 Å². The van der Waals surface area contributed by atoms with Gasteiger partial charge in [0.1, 0.15) is 23.5 Å². The van der Waals surface area contributed by atoms with Gasteiger partial charge in [-0.3, -0.25) is 4.79 Å². The number of benzene rings is 1.